The highest BCUT2D eigenvalue weighted by Gasteiger charge is 2.16. The standard InChI is InChI=1S/C15H15BrClFN2S/c16-12-8-11(21-15(12)17)9-19-10-3-4-14(13(18)7-10)20-5-1-2-6-20/h3-4,7-8,19H,1-2,5-6,9H2. The molecule has 1 aromatic heterocycles. The van der Waals surface area contributed by atoms with Crippen LogP contribution in [0.25, 0.3) is 0 Å². The molecule has 0 bridgehead atoms. The molecule has 1 saturated heterocycles. The van der Waals surface area contributed by atoms with Crippen molar-refractivity contribution in [3.05, 3.63) is 43.8 Å². The molecule has 1 aromatic carbocycles. The van der Waals surface area contributed by atoms with Crippen LogP contribution in [0.3, 0.4) is 0 Å². The number of nitrogens with one attached hydrogen (secondary N) is 1. The summed E-state index contributed by atoms with van der Waals surface area (Å²) in [6, 6.07) is 7.34. The molecule has 0 spiro atoms. The van der Waals surface area contributed by atoms with E-state index in [4.69, 9.17) is 11.6 Å². The highest BCUT2D eigenvalue weighted by Crippen LogP contribution is 2.32. The lowest BCUT2D eigenvalue weighted by Gasteiger charge is -2.19. The second-order valence-corrected chi connectivity index (χ2v) is 7.64. The Morgan fingerprint density at radius 3 is 2.67 bits per heavy atom. The molecule has 1 fully saturated rings. The zero-order valence-corrected chi connectivity index (χ0v) is 14.5. The van der Waals surface area contributed by atoms with Gasteiger partial charge in [-0.05, 0) is 53.0 Å². The number of anilines is 2. The monoisotopic (exact) mass is 388 g/mol. The van der Waals surface area contributed by atoms with E-state index in [1.54, 1.807) is 6.07 Å². The lowest BCUT2D eigenvalue weighted by atomic mass is 10.2. The number of thiophene rings is 1. The molecule has 2 heterocycles. The van der Waals surface area contributed by atoms with Gasteiger partial charge in [0.15, 0.2) is 0 Å². The molecular weight excluding hydrogens is 375 g/mol. The van der Waals surface area contributed by atoms with Crippen LogP contribution < -0.4 is 10.2 Å². The molecule has 0 radical (unpaired) electrons. The van der Waals surface area contributed by atoms with E-state index in [1.807, 2.05) is 18.2 Å². The number of hydrogen-bond donors (Lipinski definition) is 1. The largest absolute Gasteiger partial charge is 0.380 e. The van der Waals surface area contributed by atoms with Gasteiger partial charge in [0, 0.05) is 34.7 Å². The Kier molecular flexibility index (Phi) is 4.72. The van der Waals surface area contributed by atoms with E-state index >= 15 is 0 Å². The summed E-state index contributed by atoms with van der Waals surface area (Å²) in [6.07, 6.45) is 2.29. The fourth-order valence-corrected chi connectivity index (χ4v) is 4.23. The molecule has 112 valence electrons. The summed E-state index contributed by atoms with van der Waals surface area (Å²) < 4.78 is 15.8. The van der Waals surface area contributed by atoms with E-state index in [1.165, 1.54) is 11.3 Å². The molecule has 0 atom stereocenters. The molecule has 2 nitrogen and oxygen atoms in total. The fraction of sp³-hybridized carbons (Fsp3) is 0.333. The molecular formula is C15H15BrClFN2S. The van der Waals surface area contributed by atoms with Gasteiger partial charge in [0.25, 0.3) is 0 Å². The normalized spacial score (nSPS) is 14.7. The van der Waals surface area contributed by atoms with Crippen molar-refractivity contribution in [1.82, 2.24) is 0 Å². The zero-order chi connectivity index (χ0) is 14.8. The van der Waals surface area contributed by atoms with Gasteiger partial charge >= 0.3 is 0 Å². The summed E-state index contributed by atoms with van der Waals surface area (Å²) in [5, 5.41) is 3.23. The number of rotatable bonds is 4. The van der Waals surface area contributed by atoms with Gasteiger partial charge in [-0.1, -0.05) is 11.6 Å². The van der Waals surface area contributed by atoms with Crippen LogP contribution in [0.4, 0.5) is 15.8 Å². The molecule has 0 amide bonds. The van der Waals surface area contributed by atoms with Gasteiger partial charge in [-0.2, -0.15) is 0 Å². The first-order chi connectivity index (χ1) is 10.1. The number of hydrogen-bond acceptors (Lipinski definition) is 3. The van der Waals surface area contributed by atoms with E-state index in [9.17, 15) is 4.39 Å². The van der Waals surface area contributed by atoms with Crippen molar-refractivity contribution >= 4 is 50.2 Å². The van der Waals surface area contributed by atoms with Crippen LogP contribution in [0, 0.1) is 5.82 Å². The van der Waals surface area contributed by atoms with Crippen LogP contribution in [0.2, 0.25) is 4.34 Å². The van der Waals surface area contributed by atoms with Crippen molar-refractivity contribution < 1.29 is 4.39 Å². The number of halogens is 3. The maximum atomic E-state index is 14.2. The van der Waals surface area contributed by atoms with E-state index in [0.717, 1.165) is 45.3 Å². The van der Waals surface area contributed by atoms with Crippen LogP contribution in [-0.2, 0) is 6.54 Å². The average molecular weight is 390 g/mol. The number of nitrogens with zero attached hydrogens (tertiary/aromatic N) is 1. The smallest absolute Gasteiger partial charge is 0.148 e. The van der Waals surface area contributed by atoms with Crippen LogP contribution in [0.1, 0.15) is 17.7 Å². The summed E-state index contributed by atoms with van der Waals surface area (Å²) in [5.41, 5.74) is 1.50. The van der Waals surface area contributed by atoms with Crippen LogP contribution >= 0.6 is 38.9 Å². The summed E-state index contributed by atoms with van der Waals surface area (Å²) >= 11 is 10.9. The molecule has 1 N–H and O–H groups in total. The predicted octanol–water partition coefficient (Wildman–Crippen LogP) is 5.52. The van der Waals surface area contributed by atoms with Crippen LogP contribution in [0.15, 0.2) is 28.7 Å². The molecule has 1 aliphatic rings. The number of benzene rings is 1. The van der Waals surface area contributed by atoms with Gasteiger partial charge in [0.2, 0.25) is 0 Å². The minimum atomic E-state index is -0.160. The molecule has 0 aliphatic carbocycles. The first-order valence-electron chi connectivity index (χ1n) is 6.85. The Morgan fingerprint density at radius 2 is 2.05 bits per heavy atom. The fourth-order valence-electron chi connectivity index (χ4n) is 2.50. The van der Waals surface area contributed by atoms with Gasteiger partial charge < -0.3 is 10.2 Å². The summed E-state index contributed by atoms with van der Waals surface area (Å²) in [7, 11) is 0. The highest BCUT2D eigenvalue weighted by atomic mass is 79.9. The Hall–Kier alpha value is -0.780. The quantitative estimate of drug-likeness (QED) is 0.741. The third kappa shape index (κ3) is 3.52. The highest BCUT2D eigenvalue weighted by molar-refractivity contribution is 9.10. The van der Waals surface area contributed by atoms with Gasteiger partial charge in [-0.25, -0.2) is 4.39 Å². The van der Waals surface area contributed by atoms with Crippen molar-refractivity contribution in [2.75, 3.05) is 23.3 Å². The Labute approximate surface area is 141 Å². The summed E-state index contributed by atoms with van der Waals surface area (Å²) in [6.45, 7) is 2.54. The third-order valence-electron chi connectivity index (χ3n) is 3.56. The Morgan fingerprint density at radius 1 is 1.29 bits per heavy atom. The molecule has 1 aliphatic heterocycles. The lowest BCUT2D eigenvalue weighted by molar-refractivity contribution is 0.623. The molecule has 2 aromatic rings. The topological polar surface area (TPSA) is 15.3 Å². The van der Waals surface area contributed by atoms with Crippen LogP contribution in [-0.4, -0.2) is 13.1 Å². The second-order valence-electron chi connectivity index (χ2n) is 5.05. The summed E-state index contributed by atoms with van der Waals surface area (Å²) in [4.78, 5) is 3.21. The van der Waals surface area contributed by atoms with Crippen molar-refractivity contribution in [3.63, 3.8) is 0 Å². The van der Waals surface area contributed by atoms with Gasteiger partial charge in [0.05, 0.1) is 5.69 Å². The van der Waals surface area contributed by atoms with E-state index in [-0.39, 0.29) is 5.82 Å². The minimum Gasteiger partial charge on any atom is -0.380 e. The molecule has 6 heteroatoms. The lowest BCUT2D eigenvalue weighted by Crippen LogP contribution is -2.18. The molecule has 3 rings (SSSR count). The zero-order valence-electron chi connectivity index (χ0n) is 11.3. The van der Waals surface area contributed by atoms with Crippen molar-refractivity contribution in [2.24, 2.45) is 0 Å². The van der Waals surface area contributed by atoms with Gasteiger partial charge in [-0.15, -0.1) is 11.3 Å². The van der Waals surface area contributed by atoms with Crippen LogP contribution in [0.5, 0.6) is 0 Å². The molecule has 0 unspecified atom stereocenters. The maximum absolute atomic E-state index is 14.2. The summed E-state index contributed by atoms with van der Waals surface area (Å²) in [5.74, 6) is -0.160. The SMILES string of the molecule is Fc1cc(NCc2cc(Br)c(Cl)s2)ccc1N1CCCC1. The molecule has 21 heavy (non-hydrogen) atoms. The first-order valence-corrected chi connectivity index (χ1v) is 8.84. The van der Waals surface area contributed by atoms with Crippen molar-refractivity contribution in [1.29, 1.82) is 0 Å². The van der Waals surface area contributed by atoms with E-state index in [2.05, 4.69) is 26.1 Å². The maximum Gasteiger partial charge on any atom is 0.148 e. The van der Waals surface area contributed by atoms with Crippen molar-refractivity contribution in [3.8, 4) is 0 Å². The third-order valence-corrected chi connectivity index (χ3v) is 6.03. The Balaban J connectivity index is 1.67. The average Bonchev–Trinajstić information content (AvgIpc) is 3.08. The van der Waals surface area contributed by atoms with Gasteiger partial charge in [0.1, 0.15) is 10.2 Å². The van der Waals surface area contributed by atoms with E-state index < -0.39 is 0 Å². The van der Waals surface area contributed by atoms with Gasteiger partial charge in [-0.3, -0.25) is 0 Å². The van der Waals surface area contributed by atoms with Crippen molar-refractivity contribution in [2.45, 2.75) is 19.4 Å². The molecule has 0 saturated carbocycles. The second kappa shape index (κ2) is 6.55. The predicted molar refractivity (Wildman–Crippen MR) is 92.2 cm³/mol. The minimum absolute atomic E-state index is 0.160. The van der Waals surface area contributed by atoms with E-state index in [0.29, 0.717) is 12.2 Å². The first kappa shape index (κ1) is 15.1. The Bertz CT molecular complexity index is 621.